The minimum Gasteiger partial charge on any atom is -0.399 e. The molecular formula is C11H10N4O5. The van der Waals surface area contributed by atoms with Crippen LogP contribution < -0.4 is 0 Å². The zero-order chi connectivity index (χ0) is 14.7. The molecule has 0 bridgehead atoms. The summed E-state index contributed by atoms with van der Waals surface area (Å²) in [5.41, 5.74) is 0.856. The number of carbonyl (C=O) groups is 1. The highest BCUT2D eigenvalue weighted by Gasteiger charge is 2.17. The Balaban J connectivity index is 2.33. The van der Waals surface area contributed by atoms with Crippen molar-refractivity contribution >= 4 is 18.1 Å². The standard InChI is InChI=1S/C11H10N4O5/c1-7(16)20-12-5-8-6-14(2)13-11(8)9-3-4-10(19-9)15(17)18/h3-6H,1-2H3. The Kier molecular flexibility index (Phi) is 3.60. The first-order valence-electron chi connectivity index (χ1n) is 5.46. The highest BCUT2D eigenvalue weighted by molar-refractivity contribution is 5.87. The van der Waals surface area contributed by atoms with Gasteiger partial charge in [0.05, 0.1) is 12.3 Å². The molecule has 20 heavy (non-hydrogen) atoms. The zero-order valence-electron chi connectivity index (χ0n) is 10.6. The number of hydrogen-bond donors (Lipinski definition) is 0. The number of nitrogens with zero attached hydrogens (tertiary/aromatic N) is 4. The number of hydrogen-bond acceptors (Lipinski definition) is 7. The van der Waals surface area contributed by atoms with Gasteiger partial charge < -0.3 is 9.25 Å². The van der Waals surface area contributed by atoms with E-state index in [1.807, 2.05) is 0 Å². The average molecular weight is 278 g/mol. The van der Waals surface area contributed by atoms with Gasteiger partial charge in [-0.3, -0.25) is 14.8 Å². The van der Waals surface area contributed by atoms with Gasteiger partial charge in [-0.1, -0.05) is 5.16 Å². The summed E-state index contributed by atoms with van der Waals surface area (Å²) in [6.07, 6.45) is 2.88. The summed E-state index contributed by atoms with van der Waals surface area (Å²) in [6, 6.07) is 2.67. The van der Waals surface area contributed by atoms with Crippen molar-refractivity contribution in [3.05, 3.63) is 34.0 Å². The lowest BCUT2D eigenvalue weighted by Gasteiger charge is -1.92. The smallest absolute Gasteiger partial charge is 0.399 e. The van der Waals surface area contributed by atoms with Gasteiger partial charge >= 0.3 is 11.9 Å². The van der Waals surface area contributed by atoms with Crippen LogP contribution >= 0.6 is 0 Å². The first-order valence-corrected chi connectivity index (χ1v) is 5.46. The van der Waals surface area contributed by atoms with E-state index in [-0.39, 0.29) is 11.6 Å². The summed E-state index contributed by atoms with van der Waals surface area (Å²) in [7, 11) is 1.67. The fourth-order valence-corrected chi connectivity index (χ4v) is 1.50. The van der Waals surface area contributed by atoms with Crippen molar-refractivity contribution in [2.45, 2.75) is 6.92 Å². The molecule has 0 aromatic carbocycles. The molecule has 2 heterocycles. The van der Waals surface area contributed by atoms with E-state index in [0.29, 0.717) is 11.3 Å². The SMILES string of the molecule is CC(=O)ON=Cc1cn(C)nc1-c1ccc([N+](=O)[O-])o1. The van der Waals surface area contributed by atoms with Crippen molar-refractivity contribution in [1.29, 1.82) is 0 Å². The molecule has 104 valence electrons. The molecule has 0 saturated carbocycles. The molecule has 0 fully saturated rings. The molecule has 2 aromatic heterocycles. The summed E-state index contributed by atoms with van der Waals surface area (Å²) >= 11 is 0. The third-order valence-electron chi connectivity index (χ3n) is 2.24. The molecule has 0 radical (unpaired) electrons. The minimum absolute atomic E-state index is 0.224. The highest BCUT2D eigenvalue weighted by Crippen LogP contribution is 2.26. The summed E-state index contributed by atoms with van der Waals surface area (Å²) in [5.74, 6) is -0.713. The maximum absolute atomic E-state index is 10.6. The Morgan fingerprint density at radius 3 is 2.95 bits per heavy atom. The van der Waals surface area contributed by atoms with Crippen LogP contribution in [0.25, 0.3) is 11.5 Å². The number of nitro groups is 1. The fraction of sp³-hybridized carbons (Fsp3) is 0.182. The van der Waals surface area contributed by atoms with Crippen LogP contribution in [0.2, 0.25) is 0 Å². The number of aromatic nitrogens is 2. The number of carbonyl (C=O) groups excluding carboxylic acids is 1. The van der Waals surface area contributed by atoms with Gasteiger partial charge in [0.1, 0.15) is 10.6 Å². The van der Waals surface area contributed by atoms with Crippen LogP contribution in [0.15, 0.2) is 27.9 Å². The lowest BCUT2D eigenvalue weighted by molar-refractivity contribution is -0.401. The van der Waals surface area contributed by atoms with Crippen molar-refractivity contribution in [3.8, 4) is 11.5 Å². The normalized spacial score (nSPS) is 10.9. The molecule has 0 atom stereocenters. The van der Waals surface area contributed by atoms with E-state index in [2.05, 4.69) is 15.1 Å². The molecule has 0 amide bonds. The quantitative estimate of drug-likeness (QED) is 0.362. The third kappa shape index (κ3) is 2.88. The minimum atomic E-state index is -0.640. The molecule has 0 aliphatic carbocycles. The van der Waals surface area contributed by atoms with Crippen molar-refractivity contribution in [3.63, 3.8) is 0 Å². The molecule has 0 N–H and O–H groups in total. The van der Waals surface area contributed by atoms with E-state index in [1.165, 1.54) is 30.0 Å². The molecule has 0 unspecified atom stereocenters. The van der Waals surface area contributed by atoms with Crippen LogP contribution in [-0.2, 0) is 16.7 Å². The van der Waals surface area contributed by atoms with E-state index >= 15 is 0 Å². The number of aryl methyl sites for hydroxylation is 1. The van der Waals surface area contributed by atoms with E-state index in [1.54, 1.807) is 13.2 Å². The molecular weight excluding hydrogens is 268 g/mol. The molecule has 2 aromatic rings. The Labute approximate surface area is 112 Å². The van der Waals surface area contributed by atoms with Crippen LogP contribution in [0.5, 0.6) is 0 Å². The van der Waals surface area contributed by atoms with Crippen LogP contribution in [0, 0.1) is 10.1 Å². The van der Waals surface area contributed by atoms with Gasteiger partial charge in [-0.05, 0) is 6.07 Å². The van der Waals surface area contributed by atoms with E-state index in [4.69, 9.17) is 4.42 Å². The lowest BCUT2D eigenvalue weighted by atomic mass is 10.2. The van der Waals surface area contributed by atoms with Gasteiger partial charge in [0.2, 0.25) is 0 Å². The molecule has 0 spiro atoms. The van der Waals surface area contributed by atoms with Gasteiger partial charge in [-0.15, -0.1) is 0 Å². The van der Waals surface area contributed by atoms with Crippen molar-refractivity contribution < 1.29 is 19.0 Å². The summed E-state index contributed by atoms with van der Waals surface area (Å²) in [5, 5.41) is 18.2. The second-order valence-corrected chi connectivity index (χ2v) is 3.82. The maximum atomic E-state index is 10.6. The number of furan rings is 1. The highest BCUT2D eigenvalue weighted by atomic mass is 16.7. The molecule has 9 nitrogen and oxygen atoms in total. The van der Waals surface area contributed by atoms with Crippen LogP contribution in [-0.4, -0.2) is 26.9 Å². The molecule has 2 rings (SSSR count). The third-order valence-corrected chi connectivity index (χ3v) is 2.24. The average Bonchev–Trinajstić information content (AvgIpc) is 2.95. The topological polar surface area (TPSA) is 113 Å². The predicted molar refractivity (Wildman–Crippen MR) is 66.9 cm³/mol. The maximum Gasteiger partial charge on any atom is 0.433 e. The monoisotopic (exact) mass is 278 g/mol. The first-order chi connectivity index (χ1) is 9.47. The van der Waals surface area contributed by atoms with E-state index < -0.39 is 10.9 Å². The molecule has 0 saturated heterocycles. The summed E-state index contributed by atoms with van der Waals surface area (Å²) < 4.78 is 6.55. The van der Waals surface area contributed by atoms with Crippen LogP contribution in [0.3, 0.4) is 0 Å². The number of rotatable bonds is 4. The van der Waals surface area contributed by atoms with Crippen LogP contribution in [0.1, 0.15) is 12.5 Å². The van der Waals surface area contributed by atoms with E-state index in [0.717, 1.165) is 0 Å². The summed E-state index contributed by atoms with van der Waals surface area (Å²) in [6.45, 7) is 1.22. The van der Waals surface area contributed by atoms with E-state index in [9.17, 15) is 14.9 Å². The fourth-order valence-electron chi connectivity index (χ4n) is 1.50. The Hall–Kier alpha value is -2.97. The van der Waals surface area contributed by atoms with Gasteiger partial charge in [-0.2, -0.15) is 5.10 Å². The Bertz CT molecular complexity index is 685. The second kappa shape index (κ2) is 5.34. The van der Waals surface area contributed by atoms with Gasteiger partial charge in [0, 0.05) is 25.7 Å². The summed E-state index contributed by atoms with van der Waals surface area (Å²) in [4.78, 5) is 25.0. The van der Waals surface area contributed by atoms with Gasteiger partial charge in [0.25, 0.3) is 0 Å². The second-order valence-electron chi connectivity index (χ2n) is 3.82. The van der Waals surface area contributed by atoms with Crippen LogP contribution in [0.4, 0.5) is 5.88 Å². The van der Waals surface area contributed by atoms with Gasteiger partial charge in [0.15, 0.2) is 5.76 Å². The first kappa shape index (κ1) is 13.5. The van der Waals surface area contributed by atoms with Crippen molar-refractivity contribution in [1.82, 2.24) is 9.78 Å². The molecule has 0 aliphatic heterocycles. The lowest BCUT2D eigenvalue weighted by Crippen LogP contribution is -1.92. The van der Waals surface area contributed by atoms with Crippen molar-refractivity contribution in [2.75, 3.05) is 0 Å². The zero-order valence-corrected chi connectivity index (χ0v) is 10.6. The Morgan fingerprint density at radius 2 is 2.35 bits per heavy atom. The largest absolute Gasteiger partial charge is 0.433 e. The van der Waals surface area contributed by atoms with Gasteiger partial charge in [-0.25, -0.2) is 4.79 Å². The predicted octanol–water partition coefficient (Wildman–Crippen LogP) is 1.49. The Morgan fingerprint density at radius 1 is 1.60 bits per heavy atom. The molecule has 0 aliphatic rings. The van der Waals surface area contributed by atoms with Crippen molar-refractivity contribution in [2.24, 2.45) is 12.2 Å². The molecule has 9 heteroatoms. The number of oxime groups is 1.